The molecule has 0 bridgehead atoms. The molecule has 2 unspecified atom stereocenters. The molecule has 1 aromatic rings. The Morgan fingerprint density at radius 3 is 2.95 bits per heavy atom. The van der Waals surface area contributed by atoms with Gasteiger partial charge in [-0.1, -0.05) is 28.1 Å². The number of carbonyl (C=O) groups is 1. The number of nitrogens with zero attached hydrogens (tertiary/aromatic N) is 1. The highest BCUT2D eigenvalue weighted by Gasteiger charge is 2.36. The Morgan fingerprint density at radius 1 is 1.58 bits per heavy atom. The fraction of sp³-hybridized carbons (Fsp3) is 0.500. The first kappa shape index (κ1) is 14.5. The first-order valence-electron chi connectivity index (χ1n) is 6.35. The van der Waals surface area contributed by atoms with Crippen molar-refractivity contribution in [3.63, 3.8) is 0 Å². The molecule has 1 aliphatic heterocycles. The van der Waals surface area contributed by atoms with Crippen molar-refractivity contribution in [2.75, 3.05) is 13.1 Å². The lowest BCUT2D eigenvalue weighted by atomic mass is 10.0. The van der Waals surface area contributed by atoms with Crippen LogP contribution >= 0.6 is 15.9 Å². The zero-order valence-electron chi connectivity index (χ0n) is 10.8. The molecular weight excluding hydrogens is 310 g/mol. The van der Waals surface area contributed by atoms with E-state index in [-0.39, 0.29) is 12.6 Å². The van der Waals surface area contributed by atoms with Crippen molar-refractivity contribution in [2.45, 2.75) is 31.4 Å². The van der Waals surface area contributed by atoms with Crippen LogP contribution in [0, 0.1) is 0 Å². The van der Waals surface area contributed by atoms with E-state index in [1.54, 1.807) is 0 Å². The largest absolute Gasteiger partial charge is 0.479 e. The maximum atomic E-state index is 11.0. The number of rotatable bonds is 4. The molecule has 1 heterocycles. The predicted molar refractivity (Wildman–Crippen MR) is 75.9 cm³/mol. The average molecular weight is 328 g/mol. The van der Waals surface area contributed by atoms with Gasteiger partial charge in [0.15, 0.2) is 5.60 Å². The van der Waals surface area contributed by atoms with Crippen molar-refractivity contribution in [1.82, 2.24) is 4.90 Å². The summed E-state index contributed by atoms with van der Waals surface area (Å²) in [5.74, 6) is -1.17. The molecule has 0 saturated carbocycles. The van der Waals surface area contributed by atoms with E-state index in [2.05, 4.69) is 26.9 Å². The Hall–Kier alpha value is -0.910. The Kier molecular flexibility index (Phi) is 4.28. The average Bonchev–Trinajstić information content (AvgIpc) is 2.76. The molecule has 0 aromatic heterocycles. The Labute approximate surface area is 121 Å². The molecule has 5 heteroatoms. The topological polar surface area (TPSA) is 60.8 Å². The van der Waals surface area contributed by atoms with E-state index in [4.69, 9.17) is 5.11 Å². The third kappa shape index (κ3) is 3.35. The number of hydrogen-bond acceptors (Lipinski definition) is 3. The third-order valence-corrected chi connectivity index (χ3v) is 4.06. The van der Waals surface area contributed by atoms with Crippen LogP contribution in [0.3, 0.4) is 0 Å². The predicted octanol–water partition coefficient (Wildman–Crippen LogP) is 2.42. The lowest BCUT2D eigenvalue weighted by Gasteiger charge is -2.30. The molecule has 0 aliphatic carbocycles. The van der Waals surface area contributed by atoms with Crippen molar-refractivity contribution in [3.8, 4) is 0 Å². The second-order valence-corrected chi connectivity index (χ2v) is 6.18. The van der Waals surface area contributed by atoms with E-state index >= 15 is 0 Å². The van der Waals surface area contributed by atoms with Gasteiger partial charge in [-0.2, -0.15) is 0 Å². The number of hydrogen-bond donors (Lipinski definition) is 2. The smallest absolute Gasteiger partial charge is 0.336 e. The summed E-state index contributed by atoms with van der Waals surface area (Å²) in [6.45, 7) is 2.33. The van der Waals surface area contributed by atoms with Crippen LogP contribution in [0.2, 0.25) is 0 Å². The second kappa shape index (κ2) is 5.61. The van der Waals surface area contributed by atoms with E-state index in [0.29, 0.717) is 0 Å². The molecule has 1 saturated heterocycles. The number of carboxylic acids is 1. The van der Waals surface area contributed by atoms with Crippen LogP contribution in [0.4, 0.5) is 0 Å². The Balaban J connectivity index is 2.15. The number of likely N-dealkylation sites (tertiary alicyclic amines) is 1. The molecule has 19 heavy (non-hydrogen) atoms. The molecule has 1 aliphatic rings. The first-order chi connectivity index (χ1) is 8.90. The van der Waals surface area contributed by atoms with Gasteiger partial charge in [0.05, 0.1) is 0 Å². The Morgan fingerprint density at radius 2 is 2.32 bits per heavy atom. The highest BCUT2D eigenvalue weighted by Crippen LogP contribution is 2.33. The number of aliphatic carboxylic acids is 1. The molecule has 2 N–H and O–H groups in total. The normalized spacial score (nSPS) is 23.2. The van der Waals surface area contributed by atoms with Gasteiger partial charge in [0.25, 0.3) is 0 Å². The fourth-order valence-corrected chi connectivity index (χ4v) is 2.99. The van der Waals surface area contributed by atoms with Crippen molar-refractivity contribution in [1.29, 1.82) is 0 Å². The molecule has 1 fully saturated rings. The van der Waals surface area contributed by atoms with Crippen LogP contribution in [-0.4, -0.2) is 39.8 Å². The van der Waals surface area contributed by atoms with Gasteiger partial charge in [-0.3, -0.25) is 4.90 Å². The van der Waals surface area contributed by atoms with E-state index in [0.717, 1.165) is 29.4 Å². The minimum absolute atomic E-state index is 0.152. The number of halogens is 1. The lowest BCUT2D eigenvalue weighted by molar-refractivity contribution is -0.158. The van der Waals surface area contributed by atoms with Crippen LogP contribution in [0.5, 0.6) is 0 Å². The van der Waals surface area contributed by atoms with Gasteiger partial charge in [-0.05, 0) is 44.0 Å². The maximum absolute atomic E-state index is 11.0. The molecule has 4 nitrogen and oxygen atoms in total. The zero-order valence-corrected chi connectivity index (χ0v) is 12.4. The minimum atomic E-state index is -1.70. The zero-order chi connectivity index (χ0) is 14.0. The summed E-state index contributed by atoms with van der Waals surface area (Å²) in [5.41, 5.74) is -0.540. The summed E-state index contributed by atoms with van der Waals surface area (Å²) < 4.78 is 1.02. The molecule has 104 valence electrons. The summed E-state index contributed by atoms with van der Waals surface area (Å²) in [6.07, 6.45) is 2.01. The van der Waals surface area contributed by atoms with E-state index in [1.807, 2.05) is 18.2 Å². The van der Waals surface area contributed by atoms with E-state index in [1.165, 1.54) is 6.92 Å². The highest BCUT2D eigenvalue weighted by molar-refractivity contribution is 9.10. The van der Waals surface area contributed by atoms with Gasteiger partial charge in [-0.25, -0.2) is 4.79 Å². The second-order valence-electron chi connectivity index (χ2n) is 5.26. The molecule has 2 rings (SSSR count). The van der Waals surface area contributed by atoms with Crippen LogP contribution < -0.4 is 0 Å². The molecule has 0 spiro atoms. The van der Waals surface area contributed by atoms with Gasteiger partial charge in [-0.15, -0.1) is 0 Å². The molecule has 0 amide bonds. The van der Waals surface area contributed by atoms with Crippen LogP contribution in [-0.2, 0) is 4.79 Å². The Bertz CT molecular complexity index is 476. The van der Waals surface area contributed by atoms with Gasteiger partial charge in [0, 0.05) is 17.1 Å². The standard InChI is InChI=1S/C14H18BrNO3/c1-14(19,13(17)18)9-16-7-3-6-12(16)10-4-2-5-11(15)8-10/h2,4-5,8,12,19H,3,6-7,9H2,1H3,(H,17,18). The van der Waals surface area contributed by atoms with Gasteiger partial charge < -0.3 is 10.2 Å². The van der Waals surface area contributed by atoms with Gasteiger partial charge in [0.1, 0.15) is 0 Å². The molecular formula is C14H18BrNO3. The van der Waals surface area contributed by atoms with Crippen LogP contribution in [0.25, 0.3) is 0 Å². The quantitative estimate of drug-likeness (QED) is 0.891. The maximum Gasteiger partial charge on any atom is 0.336 e. The number of β-amino-alcohol motifs (C(OH)–C–C–N with tert-alkyl or cyclic N) is 1. The number of benzene rings is 1. The molecule has 0 radical (unpaired) electrons. The van der Waals surface area contributed by atoms with Gasteiger partial charge >= 0.3 is 5.97 Å². The SMILES string of the molecule is CC(O)(CN1CCCC1c1cccc(Br)c1)C(=O)O. The monoisotopic (exact) mass is 327 g/mol. The van der Waals surface area contributed by atoms with Crippen molar-refractivity contribution >= 4 is 21.9 Å². The molecule has 1 aromatic carbocycles. The van der Waals surface area contributed by atoms with Crippen molar-refractivity contribution < 1.29 is 15.0 Å². The highest BCUT2D eigenvalue weighted by atomic mass is 79.9. The third-order valence-electron chi connectivity index (χ3n) is 3.57. The first-order valence-corrected chi connectivity index (χ1v) is 7.15. The van der Waals surface area contributed by atoms with Crippen LogP contribution in [0.1, 0.15) is 31.4 Å². The van der Waals surface area contributed by atoms with Crippen LogP contribution in [0.15, 0.2) is 28.7 Å². The van der Waals surface area contributed by atoms with Crippen molar-refractivity contribution in [2.24, 2.45) is 0 Å². The summed E-state index contributed by atoms with van der Waals surface area (Å²) >= 11 is 3.45. The van der Waals surface area contributed by atoms with Crippen molar-refractivity contribution in [3.05, 3.63) is 34.3 Å². The molecule has 2 atom stereocenters. The van der Waals surface area contributed by atoms with Gasteiger partial charge in [0.2, 0.25) is 0 Å². The lowest BCUT2D eigenvalue weighted by Crippen LogP contribution is -2.46. The van der Waals surface area contributed by atoms with E-state index in [9.17, 15) is 9.90 Å². The summed E-state index contributed by atoms with van der Waals surface area (Å²) in [5, 5.41) is 18.9. The number of carboxylic acid groups (broad SMARTS) is 1. The summed E-state index contributed by atoms with van der Waals surface area (Å²) in [7, 11) is 0. The number of aliphatic hydroxyl groups is 1. The fourth-order valence-electron chi connectivity index (χ4n) is 2.57. The summed E-state index contributed by atoms with van der Waals surface area (Å²) in [4.78, 5) is 13.1. The minimum Gasteiger partial charge on any atom is -0.479 e. The summed E-state index contributed by atoms with van der Waals surface area (Å²) in [6, 6.07) is 8.23. The van der Waals surface area contributed by atoms with E-state index < -0.39 is 11.6 Å².